The average molecular weight is 334 g/mol. The van der Waals surface area contributed by atoms with E-state index in [4.69, 9.17) is 0 Å². The predicted octanol–water partition coefficient (Wildman–Crippen LogP) is 5.08. The maximum absolute atomic E-state index is 12.0. The SMILES string of the molecule is Cc1ccc(-c2cnc(NC(=O)/C=C/c3ccccc3)s2)c(C)c1. The van der Waals surface area contributed by atoms with E-state index in [1.165, 1.54) is 28.5 Å². The van der Waals surface area contributed by atoms with Gasteiger partial charge in [-0.2, -0.15) is 0 Å². The summed E-state index contributed by atoms with van der Waals surface area (Å²) in [7, 11) is 0. The van der Waals surface area contributed by atoms with Crippen LogP contribution in [0, 0.1) is 13.8 Å². The molecular formula is C20H18N2OS. The number of amides is 1. The number of hydrogen-bond donors (Lipinski definition) is 1. The molecule has 0 fully saturated rings. The lowest BCUT2D eigenvalue weighted by Gasteiger charge is -2.03. The van der Waals surface area contributed by atoms with Gasteiger partial charge in [0.05, 0.1) is 4.88 Å². The number of benzene rings is 2. The minimum Gasteiger partial charge on any atom is -0.298 e. The van der Waals surface area contributed by atoms with Crippen LogP contribution < -0.4 is 5.32 Å². The summed E-state index contributed by atoms with van der Waals surface area (Å²) in [5.41, 5.74) is 4.59. The Labute approximate surface area is 145 Å². The molecule has 1 N–H and O–H groups in total. The summed E-state index contributed by atoms with van der Waals surface area (Å²) in [4.78, 5) is 17.4. The quantitative estimate of drug-likeness (QED) is 0.676. The molecule has 1 heterocycles. The minimum atomic E-state index is -0.180. The Balaban J connectivity index is 1.70. The number of nitrogens with one attached hydrogen (secondary N) is 1. The second kappa shape index (κ2) is 7.23. The van der Waals surface area contributed by atoms with Crippen molar-refractivity contribution in [2.45, 2.75) is 13.8 Å². The molecule has 0 unspecified atom stereocenters. The van der Waals surface area contributed by atoms with E-state index in [1.807, 2.05) is 30.3 Å². The van der Waals surface area contributed by atoms with Crippen LogP contribution >= 0.6 is 11.3 Å². The van der Waals surface area contributed by atoms with Crippen LogP contribution in [0.4, 0.5) is 5.13 Å². The molecule has 0 bridgehead atoms. The van der Waals surface area contributed by atoms with Gasteiger partial charge < -0.3 is 0 Å². The molecule has 0 aliphatic carbocycles. The zero-order valence-corrected chi connectivity index (χ0v) is 14.4. The van der Waals surface area contributed by atoms with Gasteiger partial charge in [-0.05, 0) is 36.6 Å². The van der Waals surface area contributed by atoms with E-state index in [0.29, 0.717) is 5.13 Å². The van der Waals surface area contributed by atoms with Crippen molar-refractivity contribution >= 4 is 28.5 Å². The first-order valence-corrected chi connectivity index (χ1v) is 8.51. The minimum absolute atomic E-state index is 0.180. The fourth-order valence-electron chi connectivity index (χ4n) is 2.43. The van der Waals surface area contributed by atoms with Crippen molar-refractivity contribution in [3.8, 4) is 10.4 Å². The number of nitrogens with zero attached hydrogens (tertiary/aromatic N) is 1. The second-order valence-corrected chi connectivity index (χ2v) is 6.61. The summed E-state index contributed by atoms with van der Waals surface area (Å²) >= 11 is 1.48. The first-order valence-electron chi connectivity index (χ1n) is 7.69. The second-order valence-electron chi connectivity index (χ2n) is 5.58. The van der Waals surface area contributed by atoms with Crippen molar-refractivity contribution in [3.63, 3.8) is 0 Å². The smallest absolute Gasteiger partial charge is 0.250 e. The van der Waals surface area contributed by atoms with Gasteiger partial charge in [0.2, 0.25) is 5.91 Å². The molecule has 4 heteroatoms. The molecule has 2 aromatic carbocycles. The zero-order chi connectivity index (χ0) is 16.9. The molecule has 0 aliphatic rings. The van der Waals surface area contributed by atoms with Crippen molar-refractivity contribution in [1.82, 2.24) is 4.98 Å². The molecule has 3 aromatic rings. The molecule has 0 aliphatic heterocycles. The number of aromatic nitrogens is 1. The van der Waals surface area contributed by atoms with Gasteiger partial charge in [0, 0.05) is 12.3 Å². The molecule has 0 atom stereocenters. The van der Waals surface area contributed by atoms with E-state index < -0.39 is 0 Å². The van der Waals surface area contributed by atoms with Crippen LogP contribution in [0.5, 0.6) is 0 Å². The van der Waals surface area contributed by atoms with Crippen LogP contribution in [0.3, 0.4) is 0 Å². The summed E-state index contributed by atoms with van der Waals surface area (Å²) in [5.74, 6) is -0.180. The Morgan fingerprint density at radius 3 is 2.67 bits per heavy atom. The molecule has 0 spiro atoms. The van der Waals surface area contributed by atoms with Crippen LogP contribution in [0.1, 0.15) is 16.7 Å². The number of anilines is 1. The molecule has 120 valence electrons. The summed E-state index contributed by atoms with van der Waals surface area (Å²) in [5, 5.41) is 3.42. The topological polar surface area (TPSA) is 42.0 Å². The fraction of sp³-hybridized carbons (Fsp3) is 0.100. The van der Waals surface area contributed by atoms with Gasteiger partial charge in [-0.15, -0.1) is 0 Å². The van der Waals surface area contributed by atoms with E-state index in [-0.39, 0.29) is 5.91 Å². The largest absolute Gasteiger partial charge is 0.298 e. The lowest BCUT2D eigenvalue weighted by atomic mass is 10.1. The van der Waals surface area contributed by atoms with Crippen molar-refractivity contribution < 1.29 is 4.79 Å². The van der Waals surface area contributed by atoms with Gasteiger partial charge in [-0.25, -0.2) is 4.98 Å². The lowest BCUT2D eigenvalue weighted by Crippen LogP contribution is -2.06. The summed E-state index contributed by atoms with van der Waals surface area (Å²) < 4.78 is 0. The molecule has 1 amide bonds. The molecule has 0 saturated heterocycles. The molecule has 0 radical (unpaired) electrons. The predicted molar refractivity (Wildman–Crippen MR) is 101 cm³/mol. The monoisotopic (exact) mass is 334 g/mol. The summed E-state index contributed by atoms with van der Waals surface area (Å²) in [6, 6.07) is 16.1. The first kappa shape index (κ1) is 16.1. The maximum atomic E-state index is 12.0. The Morgan fingerprint density at radius 2 is 1.92 bits per heavy atom. The van der Waals surface area contributed by atoms with Gasteiger partial charge in [-0.1, -0.05) is 65.4 Å². The van der Waals surface area contributed by atoms with Crippen molar-refractivity contribution in [3.05, 3.63) is 77.5 Å². The van der Waals surface area contributed by atoms with E-state index in [1.54, 1.807) is 12.3 Å². The van der Waals surface area contributed by atoms with Gasteiger partial charge in [0.1, 0.15) is 0 Å². The fourth-order valence-corrected chi connectivity index (χ4v) is 3.34. The third-order valence-corrected chi connectivity index (χ3v) is 4.56. The van der Waals surface area contributed by atoms with E-state index >= 15 is 0 Å². The standard InChI is InChI=1S/C20H18N2OS/c1-14-8-10-17(15(2)12-14)18-13-21-20(24-18)22-19(23)11-9-16-6-4-3-5-7-16/h3-13H,1-2H3,(H,21,22,23)/b11-9+. The van der Waals surface area contributed by atoms with Crippen molar-refractivity contribution in [2.24, 2.45) is 0 Å². The number of aryl methyl sites for hydroxylation is 2. The molecule has 3 nitrogen and oxygen atoms in total. The van der Waals surface area contributed by atoms with E-state index in [9.17, 15) is 4.79 Å². The van der Waals surface area contributed by atoms with Crippen LogP contribution in [-0.2, 0) is 4.79 Å². The van der Waals surface area contributed by atoms with Crippen LogP contribution in [0.2, 0.25) is 0 Å². The van der Waals surface area contributed by atoms with Gasteiger partial charge in [-0.3, -0.25) is 10.1 Å². The van der Waals surface area contributed by atoms with E-state index in [2.05, 4.69) is 42.3 Å². The number of hydrogen-bond acceptors (Lipinski definition) is 3. The highest BCUT2D eigenvalue weighted by Gasteiger charge is 2.08. The molecular weight excluding hydrogens is 316 g/mol. The maximum Gasteiger partial charge on any atom is 0.250 e. The average Bonchev–Trinajstić information content (AvgIpc) is 3.02. The first-order chi connectivity index (χ1) is 11.6. The number of rotatable bonds is 4. The van der Waals surface area contributed by atoms with Gasteiger partial charge in [0.25, 0.3) is 0 Å². The molecule has 1 aromatic heterocycles. The molecule has 24 heavy (non-hydrogen) atoms. The van der Waals surface area contributed by atoms with Crippen LogP contribution in [0.25, 0.3) is 16.5 Å². The molecule has 3 rings (SSSR count). The van der Waals surface area contributed by atoms with Crippen molar-refractivity contribution in [2.75, 3.05) is 5.32 Å². The van der Waals surface area contributed by atoms with Crippen molar-refractivity contribution in [1.29, 1.82) is 0 Å². The Bertz CT molecular complexity index is 882. The number of carbonyl (C=O) groups is 1. The third-order valence-electron chi connectivity index (χ3n) is 3.61. The summed E-state index contributed by atoms with van der Waals surface area (Å²) in [6.07, 6.45) is 5.11. The van der Waals surface area contributed by atoms with Crippen LogP contribution in [-0.4, -0.2) is 10.9 Å². The van der Waals surface area contributed by atoms with Gasteiger partial charge in [0.15, 0.2) is 5.13 Å². The van der Waals surface area contributed by atoms with Gasteiger partial charge >= 0.3 is 0 Å². The third kappa shape index (κ3) is 3.97. The number of carbonyl (C=O) groups excluding carboxylic acids is 1. The Morgan fingerprint density at radius 1 is 1.12 bits per heavy atom. The Kier molecular flexibility index (Phi) is 4.87. The highest BCUT2D eigenvalue weighted by molar-refractivity contribution is 7.19. The zero-order valence-electron chi connectivity index (χ0n) is 13.6. The molecule has 0 saturated carbocycles. The Hall–Kier alpha value is -2.72. The number of thiazole rings is 1. The highest BCUT2D eigenvalue weighted by atomic mass is 32.1. The van der Waals surface area contributed by atoms with E-state index in [0.717, 1.165) is 16.0 Å². The normalized spacial score (nSPS) is 10.9. The lowest BCUT2D eigenvalue weighted by molar-refractivity contribution is -0.111. The summed E-state index contributed by atoms with van der Waals surface area (Å²) in [6.45, 7) is 4.16. The van der Waals surface area contributed by atoms with Crippen LogP contribution in [0.15, 0.2) is 60.8 Å². The highest BCUT2D eigenvalue weighted by Crippen LogP contribution is 2.31.